The molecule has 0 aliphatic carbocycles. The Kier molecular flexibility index (Phi) is 4.39. The maximum Gasteiger partial charge on any atom is 0.139 e. The van der Waals surface area contributed by atoms with E-state index in [1.54, 1.807) is 18.2 Å². The first-order valence-corrected chi connectivity index (χ1v) is 7.92. The van der Waals surface area contributed by atoms with Crippen LogP contribution in [0.15, 0.2) is 53.4 Å². The molecule has 1 nitrogen and oxygen atoms in total. The second kappa shape index (κ2) is 5.88. The summed E-state index contributed by atoms with van der Waals surface area (Å²) in [6.07, 6.45) is 0. The van der Waals surface area contributed by atoms with Crippen molar-refractivity contribution in [3.63, 3.8) is 0 Å². The van der Waals surface area contributed by atoms with Gasteiger partial charge < -0.3 is 0 Å². The highest BCUT2D eigenvalue weighted by atomic mass is 32.2. The Labute approximate surface area is 122 Å². The van der Waals surface area contributed by atoms with Crippen LogP contribution in [0.4, 0.5) is 4.39 Å². The van der Waals surface area contributed by atoms with E-state index < -0.39 is 16.6 Å². The molecular weight excluding hydrogens is 271 g/mol. The van der Waals surface area contributed by atoms with E-state index in [9.17, 15) is 8.60 Å². The summed E-state index contributed by atoms with van der Waals surface area (Å²) in [5.74, 6) is -0.0668. The monoisotopic (exact) mass is 290 g/mol. The molecule has 0 fully saturated rings. The summed E-state index contributed by atoms with van der Waals surface area (Å²) >= 11 is 0. The Hall–Kier alpha value is -1.48. The average molecular weight is 290 g/mol. The molecule has 0 aliphatic heterocycles. The van der Waals surface area contributed by atoms with Crippen molar-refractivity contribution in [2.75, 3.05) is 0 Å². The molecule has 1 atom stereocenters. The van der Waals surface area contributed by atoms with Gasteiger partial charge in [-0.25, -0.2) is 4.39 Å². The highest BCUT2D eigenvalue weighted by Gasteiger charge is 2.14. The SMILES string of the molecule is CC(C)(C)c1ccc(CS(=O)c2ccccc2F)cc1. The molecule has 2 aromatic rings. The molecule has 1 unspecified atom stereocenters. The molecule has 0 bridgehead atoms. The van der Waals surface area contributed by atoms with Crippen LogP contribution in [0.2, 0.25) is 0 Å². The number of halogens is 1. The highest BCUT2D eigenvalue weighted by Crippen LogP contribution is 2.23. The van der Waals surface area contributed by atoms with Crippen LogP contribution in [0, 0.1) is 5.82 Å². The van der Waals surface area contributed by atoms with E-state index in [2.05, 4.69) is 20.8 Å². The van der Waals surface area contributed by atoms with Crippen molar-refractivity contribution in [2.45, 2.75) is 36.8 Å². The molecule has 0 spiro atoms. The lowest BCUT2D eigenvalue weighted by atomic mass is 9.87. The van der Waals surface area contributed by atoms with Gasteiger partial charge in [-0.3, -0.25) is 4.21 Å². The van der Waals surface area contributed by atoms with Crippen molar-refractivity contribution in [1.82, 2.24) is 0 Å². The number of hydrogen-bond donors (Lipinski definition) is 0. The summed E-state index contributed by atoms with van der Waals surface area (Å²) in [6.45, 7) is 6.46. The van der Waals surface area contributed by atoms with Gasteiger partial charge in [-0.05, 0) is 28.7 Å². The van der Waals surface area contributed by atoms with Crippen LogP contribution in [0.3, 0.4) is 0 Å². The van der Waals surface area contributed by atoms with Crippen molar-refractivity contribution >= 4 is 10.8 Å². The lowest BCUT2D eigenvalue weighted by Gasteiger charge is -2.19. The van der Waals surface area contributed by atoms with Crippen LogP contribution in [-0.4, -0.2) is 4.21 Å². The molecular formula is C17H19FOS. The third-order valence-corrected chi connectivity index (χ3v) is 4.62. The molecule has 2 aromatic carbocycles. The van der Waals surface area contributed by atoms with Crippen molar-refractivity contribution < 1.29 is 8.60 Å². The Bertz CT molecular complexity index is 612. The molecule has 106 valence electrons. The number of benzene rings is 2. The minimum atomic E-state index is -1.35. The van der Waals surface area contributed by atoms with Gasteiger partial charge in [0.2, 0.25) is 0 Å². The molecule has 0 heterocycles. The Balaban J connectivity index is 2.15. The second-order valence-corrected chi connectivity index (χ2v) is 7.29. The van der Waals surface area contributed by atoms with E-state index in [1.165, 1.54) is 11.6 Å². The fourth-order valence-corrected chi connectivity index (χ4v) is 3.13. The van der Waals surface area contributed by atoms with Crippen LogP contribution in [0.1, 0.15) is 31.9 Å². The van der Waals surface area contributed by atoms with E-state index in [1.807, 2.05) is 24.3 Å². The predicted molar refractivity (Wildman–Crippen MR) is 81.7 cm³/mol. The summed E-state index contributed by atoms with van der Waals surface area (Å²) in [6, 6.07) is 14.3. The first kappa shape index (κ1) is 14.9. The molecule has 0 aliphatic rings. The van der Waals surface area contributed by atoms with Gasteiger partial charge in [0.05, 0.1) is 21.4 Å². The fourth-order valence-electron chi connectivity index (χ4n) is 1.96. The van der Waals surface area contributed by atoms with Gasteiger partial charge in [-0.15, -0.1) is 0 Å². The van der Waals surface area contributed by atoms with Crippen LogP contribution >= 0.6 is 0 Å². The summed E-state index contributed by atoms with van der Waals surface area (Å²) in [7, 11) is -1.35. The largest absolute Gasteiger partial charge is 0.254 e. The summed E-state index contributed by atoms with van der Waals surface area (Å²) < 4.78 is 25.8. The van der Waals surface area contributed by atoms with Crippen molar-refractivity contribution in [1.29, 1.82) is 0 Å². The van der Waals surface area contributed by atoms with Crippen molar-refractivity contribution in [3.05, 3.63) is 65.5 Å². The lowest BCUT2D eigenvalue weighted by Crippen LogP contribution is -2.10. The smallest absolute Gasteiger partial charge is 0.139 e. The van der Waals surface area contributed by atoms with Gasteiger partial charge >= 0.3 is 0 Å². The van der Waals surface area contributed by atoms with E-state index in [0.717, 1.165) is 5.56 Å². The molecule has 2 rings (SSSR count). The zero-order valence-electron chi connectivity index (χ0n) is 12.0. The maximum absolute atomic E-state index is 13.6. The molecule has 0 N–H and O–H groups in total. The van der Waals surface area contributed by atoms with Crippen LogP contribution in [0.5, 0.6) is 0 Å². The van der Waals surface area contributed by atoms with Gasteiger partial charge in [-0.2, -0.15) is 0 Å². The van der Waals surface area contributed by atoms with Gasteiger partial charge in [0, 0.05) is 0 Å². The van der Waals surface area contributed by atoms with E-state index >= 15 is 0 Å². The van der Waals surface area contributed by atoms with E-state index in [0.29, 0.717) is 5.75 Å². The molecule has 20 heavy (non-hydrogen) atoms. The Morgan fingerprint density at radius 3 is 2.15 bits per heavy atom. The normalized spacial score (nSPS) is 13.2. The zero-order valence-corrected chi connectivity index (χ0v) is 12.8. The zero-order chi connectivity index (χ0) is 14.8. The summed E-state index contributed by atoms with van der Waals surface area (Å²) in [4.78, 5) is 0.271. The van der Waals surface area contributed by atoms with Gasteiger partial charge in [-0.1, -0.05) is 57.2 Å². The minimum absolute atomic E-state index is 0.100. The Morgan fingerprint density at radius 2 is 1.60 bits per heavy atom. The first-order valence-electron chi connectivity index (χ1n) is 6.60. The first-order chi connectivity index (χ1) is 9.38. The molecule has 3 heteroatoms. The average Bonchev–Trinajstić information content (AvgIpc) is 2.38. The molecule has 0 radical (unpaired) electrons. The standard InChI is InChI=1S/C17H19FOS/c1-17(2,3)14-10-8-13(9-11-14)12-20(19)16-7-5-4-6-15(16)18/h4-11H,12H2,1-3H3. The molecule has 0 saturated carbocycles. The molecule has 0 amide bonds. The highest BCUT2D eigenvalue weighted by molar-refractivity contribution is 7.84. The summed E-state index contributed by atoms with van der Waals surface area (Å²) in [5, 5.41) is 0. The topological polar surface area (TPSA) is 17.1 Å². The molecule has 0 aromatic heterocycles. The molecule has 0 saturated heterocycles. The lowest BCUT2D eigenvalue weighted by molar-refractivity contribution is 0.590. The van der Waals surface area contributed by atoms with Crippen molar-refractivity contribution in [2.24, 2.45) is 0 Å². The van der Waals surface area contributed by atoms with Crippen molar-refractivity contribution in [3.8, 4) is 0 Å². The van der Waals surface area contributed by atoms with Crippen LogP contribution < -0.4 is 0 Å². The van der Waals surface area contributed by atoms with Gasteiger partial charge in [0.15, 0.2) is 0 Å². The van der Waals surface area contributed by atoms with Crippen LogP contribution in [-0.2, 0) is 22.0 Å². The van der Waals surface area contributed by atoms with E-state index in [4.69, 9.17) is 0 Å². The minimum Gasteiger partial charge on any atom is -0.254 e. The van der Waals surface area contributed by atoms with Gasteiger partial charge in [0.1, 0.15) is 5.82 Å². The maximum atomic E-state index is 13.6. The van der Waals surface area contributed by atoms with E-state index in [-0.39, 0.29) is 10.3 Å². The quantitative estimate of drug-likeness (QED) is 0.817. The summed E-state index contributed by atoms with van der Waals surface area (Å²) in [5.41, 5.74) is 2.29. The number of hydrogen-bond acceptors (Lipinski definition) is 1. The fraction of sp³-hybridized carbons (Fsp3) is 0.294. The Morgan fingerprint density at radius 1 is 1.00 bits per heavy atom. The van der Waals surface area contributed by atoms with Crippen LogP contribution in [0.25, 0.3) is 0 Å². The second-order valence-electron chi connectivity index (χ2n) is 5.87. The number of rotatable bonds is 3. The predicted octanol–water partition coefficient (Wildman–Crippen LogP) is 4.43. The third-order valence-electron chi connectivity index (χ3n) is 3.20. The van der Waals surface area contributed by atoms with Gasteiger partial charge in [0.25, 0.3) is 0 Å². The third kappa shape index (κ3) is 3.54.